The van der Waals surface area contributed by atoms with Crippen LogP contribution in [0.5, 0.6) is 5.75 Å². The van der Waals surface area contributed by atoms with Gasteiger partial charge in [0.15, 0.2) is 5.58 Å². The number of anilines is 1. The van der Waals surface area contributed by atoms with Gasteiger partial charge < -0.3 is 13.6 Å². The molecule has 0 spiro atoms. The molecule has 2 aromatic heterocycles. The van der Waals surface area contributed by atoms with Crippen molar-refractivity contribution in [3.05, 3.63) is 66.6 Å². The Bertz CT molecular complexity index is 1030. The molecule has 124 valence electrons. The molecular formula is C19H14N2O4. The topological polar surface area (TPSA) is 77.5 Å². The van der Waals surface area contributed by atoms with Crippen LogP contribution in [0.3, 0.4) is 0 Å². The van der Waals surface area contributed by atoms with Crippen molar-refractivity contribution in [3.63, 3.8) is 0 Å². The van der Waals surface area contributed by atoms with E-state index in [9.17, 15) is 4.79 Å². The fraction of sp³-hybridized carbons (Fsp3) is 0.0526. The highest BCUT2D eigenvalue weighted by Crippen LogP contribution is 2.27. The summed E-state index contributed by atoms with van der Waals surface area (Å²) in [7, 11) is 1.55. The summed E-state index contributed by atoms with van der Waals surface area (Å²) in [5.41, 5.74) is 3.59. The van der Waals surface area contributed by atoms with Crippen molar-refractivity contribution in [2.75, 3.05) is 12.4 Å². The summed E-state index contributed by atoms with van der Waals surface area (Å²) in [5.74, 6) is 0.287. The van der Waals surface area contributed by atoms with Crippen LogP contribution in [0.2, 0.25) is 0 Å². The zero-order chi connectivity index (χ0) is 17.2. The zero-order valence-corrected chi connectivity index (χ0v) is 13.4. The van der Waals surface area contributed by atoms with Gasteiger partial charge in [-0.3, -0.25) is 10.1 Å². The third-order valence-electron chi connectivity index (χ3n) is 3.80. The number of hydrogen-bond acceptors (Lipinski definition) is 5. The van der Waals surface area contributed by atoms with Crippen molar-refractivity contribution in [3.8, 4) is 16.9 Å². The van der Waals surface area contributed by atoms with Crippen molar-refractivity contribution >= 4 is 23.0 Å². The molecule has 2 heterocycles. The molecule has 25 heavy (non-hydrogen) atoms. The van der Waals surface area contributed by atoms with Gasteiger partial charge in [-0.25, -0.2) is 0 Å². The van der Waals surface area contributed by atoms with Gasteiger partial charge in [0.1, 0.15) is 11.3 Å². The molecule has 0 bridgehead atoms. The Morgan fingerprint density at radius 2 is 2.04 bits per heavy atom. The smallest absolute Gasteiger partial charge is 0.302 e. The number of fused-ring (bicyclic) bond motifs is 1. The van der Waals surface area contributed by atoms with Crippen LogP contribution in [0.25, 0.3) is 22.2 Å². The molecule has 0 aliphatic heterocycles. The van der Waals surface area contributed by atoms with E-state index in [1.807, 2.05) is 24.3 Å². The van der Waals surface area contributed by atoms with Crippen molar-refractivity contribution in [2.45, 2.75) is 0 Å². The van der Waals surface area contributed by atoms with Gasteiger partial charge in [-0.05, 0) is 42.0 Å². The Balaban J connectivity index is 1.60. The number of amides is 1. The first-order valence-electron chi connectivity index (χ1n) is 7.61. The predicted octanol–water partition coefficient (Wildman–Crippen LogP) is 4.35. The highest BCUT2D eigenvalue weighted by molar-refractivity contribution is 6.03. The van der Waals surface area contributed by atoms with Crippen molar-refractivity contribution < 1.29 is 18.4 Å². The average Bonchev–Trinajstić information content (AvgIpc) is 3.30. The summed E-state index contributed by atoms with van der Waals surface area (Å²) < 4.78 is 15.9. The second-order valence-electron chi connectivity index (χ2n) is 5.40. The summed E-state index contributed by atoms with van der Waals surface area (Å²) in [6, 6.07) is 14.5. The minimum Gasteiger partial charge on any atom is -0.497 e. The Kier molecular flexibility index (Phi) is 3.70. The minimum absolute atomic E-state index is 0.146. The van der Waals surface area contributed by atoms with E-state index < -0.39 is 0 Å². The first kappa shape index (κ1) is 15.0. The van der Waals surface area contributed by atoms with Crippen LogP contribution in [0.1, 0.15) is 10.4 Å². The second kappa shape index (κ2) is 6.16. The molecule has 0 saturated carbocycles. The van der Waals surface area contributed by atoms with Crippen LogP contribution >= 0.6 is 0 Å². The lowest BCUT2D eigenvalue weighted by Crippen LogP contribution is -2.12. The summed E-state index contributed by atoms with van der Waals surface area (Å²) in [4.78, 5) is 16.6. The zero-order valence-electron chi connectivity index (χ0n) is 13.4. The molecule has 1 amide bonds. The van der Waals surface area contributed by atoms with E-state index in [1.54, 1.807) is 43.9 Å². The van der Waals surface area contributed by atoms with Gasteiger partial charge in [0.25, 0.3) is 5.91 Å². The molecule has 0 aliphatic rings. The minimum atomic E-state index is -0.319. The lowest BCUT2D eigenvalue weighted by molar-refractivity contribution is 0.102. The first-order chi connectivity index (χ1) is 12.2. The number of hydrogen-bond donors (Lipinski definition) is 1. The van der Waals surface area contributed by atoms with E-state index in [2.05, 4.69) is 10.3 Å². The van der Waals surface area contributed by atoms with Gasteiger partial charge in [0.2, 0.25) is 0 Å². The van der Waals surface area contributed by atoms with Crippen molar-refractivity contribution in [1.29, 1.82) is 0 Å². The number of ether oxygens (including phenoxy) is 1. The molecule has 0 aliphatic carbocycles. The van der Waals surface area contributed by atoms with E-state index in [4.69, 9.17) is 13.6 Å². The number of nitrogens with one attached hydrogen (secondary N) is 1. The third kappa shape index (κ3) is 2.97. The number of methoxy groups -OCH3 is 1. The summed E-state index contributed by atoms with van der Waals surface area (Å²) in [6.45, 7) is 0. The Morgan fingerprint density at radius 3 is 2.84 bits per heavy atom. The quantitative estimate of drug-likeness (QED) is 0.600. The molecule has 4 aromatic rings. The second-order valence-corrected chi connectivity index (χ2v) is 5.40. The summed E-state index contributed by atoms with van der Waals surface area (Å²) >= 11 is 0. The fourth-order valence-corrected chi connectivity index (χ4v) is 2.52. The maximum atomic E-state index is 12.3. The highest BCUT2D eigenvalue weighted by atomic mass is 16.5. The van der Waals surface area contributed by atoms with Gasteiger partial charge >= 0.3 is 6.01 Å². The maximum Gasteiger partial charge on any atom is 0.302 e. The van der Waals surface area contributed by atoms with Crippen LogP contribution in [-0.4, -0.2) is 18.0 Å². The number of benzene rings is 2. The molecular weight excluding hydrogens is 320 g/mol. The molecule has 0 saturated heterocycles. The monoisotopic (exact) mass is 334 g/mol. The van der Waals surface area contributed by atoms with Gasteiger partial charge in [-0.15, -0.1) is 0 Å². The average molecular weight is 334 g/mol. The molecule has 0 unspecified atom stereocenters. The van der Waals surface area contributed by atoms with E-state index >= 15 is 0 Å². The van der Waals surface area contributed by atoms with Gasteiger partial charge in [0, 0.05) is 11.1 Å². The van der Waals surface area contributed by atoms with Gasteiger partial charge in [0.05, 0.1) is 19.6 Å². The van der Waals surface area contributed by atoms with Crippen LogP contribution in [0.4, 0.5) is 6.01 Å². The fourth-order valence-electron chi connectivity index (χ4n) is 2.52. The molecule has 0 radical (unpaired) electrons. The Morgan fingerprint density at radius 1 is 1.12 bits per heavy atom. The molecule has 0 fully saturated rings. The van der Waals surface area contributed by atoms with Crippen LogP contribution in [0.15, 0.2) is 69.9 Å². The number of rotatable bonds is 4. The van der Waals surface area contributed by atoms with Crippen LogP contribution in [-0.2, 0) is 0 Å². The number of carbonyl (C=O) groups is 1. The predicted molar refractivity (Wildman–Crippen MR) is 92.7 cm³/mol. The molecule has 4 rings (SSSR count). The molecule has 6 heteroatoms. The number of nitrogens with zero attached hydrogens (tertiary/aromatic N) is 1. The standard InChI is InChI=1S/C19H14N2O4/c1-23-15-4-2-3-13(9-15)18(22)21-19-20-16-6-5-12(10-17(16)25-19)14-7-8-24-11-14/h2-11H,1H3,(H,20,21,22). The highest BCUT2D eigenvalue weighted by Gasteiger charge is 2.13. The van der Waals surface area contributed by atoms with E-state index in [0.717, 1.165) is 11.1 Å². The van der Waals surface area contributed by atoms with Crippen LogP contribution in [0, 0.1) is 0 Å². The van der Waals surface area contributed by atoms with Gasteiger partial charge in [-0.2, -0.15) is 4.98 Å². The Labute approximate surface area is 143 Å². The molecule has 2 aromatic carbocycles. The lowest BCUT2D eigenvalue weighted by atomic mass is 10.1. The van der Waals surface area contributed by atoms with Crippen molar-refractivity contribution in [2.24, 2.45) is 0 Å². The largest absolute Gasteiger partial charge is 0.497 e. The summed E-state index contributed by atoms with van der Waals surface area (Å²) in [5, 5.41) is 2.66. The van der Waals surface area contributed by atoms with Crippen LogP contribution < -0.4 is 10.1 Å². The van der Waals surface area contributed by atoms with E-state index in [1.165, 1.54) is 0 Å². The normalized spacial score (nSPS) is 10.8. The number of furan rings is 1. The Hall–Kier alpha value is -3.54. The SMILES string of the molecule is COc1cccc(C(=O)Nc2nc3ccc(-c4ccoc4)cc3o2)c1. The van der Waals surface area contributed by atoms with Gasteiger partial charge in [-0.1, -0.05) is 12.1 Å². The molecule has 1 N–H and O–H groups in total. The van der Waals surface area contributed by atoms with Crippen molar-refractivity contribution in [1.82, 2.24) is 4.98 Å². The molecule has 0 atom stereocenters. The van der Waals surface area contributed by atoms with E-state index in [0.29, 0.717) is 22.4 Å². The first-order valence-corrected chi connectivity index (χ1v) is 7.61. The molecule has 6 nitrogen and oxygen atoms in total. The lowest BCUT2D eigenvalue weighted by Gasteiger charge is -2.03. The maximum absolute atomic E-state index is 12.3. The number of aromatic nitrogens is 1. The summed E-state index contributed by atoms with van der Waals surface area (Å²) in [6.07, 6.45) is 3.27. The number of carbonyl (C=O) groups excluding carboxylic acids is 1. The third-order valence-corrected chi connectivity index (χ3v) is 3.80. The van der Waals surface area contributed by atoms with E-state index in [-0.39, 0.29) is 11.9 Å². The number of oxazole rings is 1.